The lowest BCUT2D eigenvalue weighted by atomic mass is 10.3. The van der Waals surface area contributed by atoms with E-state index in [4.69, 9.17) is 21.3 Å². The van der Waals surface area contributed by atoms with Gasteiger partial charge in [-0.2, -0.15) is 4.99 Å². The summed E-state index contributed by atoms with van der Waals surface area (Å²) in [5, 5.41) is 7.41. The minimum absolute atomic E-state index is 0.0244. The Kier molecular flexibility index (Phi) is 4.78. The number of amidine groups is 1. The van der Waals surface area contributed by atoms with Crippen molar-refractivity contribution in [2.45, 2.75) is 12.7 Å². The minimum Gasteiger partial charge on any atom is -0.463 e. The Hall–Kier alpha value is -1.96. The summed E-state index contributed by atoms with van der Waals surface area (Å²) in [6.07, 6.45) is 0. The van der Waals surface area contributed by atoms with Crippen LogP contribution >= 0.6 is 11.8 Å². The summed E-state index contributed by atoms with van der Waals surface area (Å²) in [5.74, 6) is 0.379. The Morgan fingerprint density at radius 1 is 1.61 bits per heavy atom. The van der Waals surface area contributed by atoms with E-state index in [0.717, 1.165) is 11.8 Å². The second kappa shape index (κ2) is 6.10. The van der Waals surface area contributed by atoms with Gasteiger partial charge in [0, 0.05) is 5.56 Å². The number of aryl methyl sites for hydroxylation is 1. The molecule has 0 aliphatic rings. The van der Waals surface area contributed by atoms with Gasteiger partial charge in [0.15, 0.2) is 11.1 Å². The van der Waals surface area contributed by atoms with Crippen molar-refractivity contribution >= 4 is 28.9 Å². The largest absolute Gasteiger partial charge is 0.463 e. The summed E-state index contributed by atoms with van der Waals surface area (Å²) in [5.41, 5.74) is 11.0. The van der Waals surface area contributed by atoms with Gasteiger partial charge in [-0.25, -0.2) is 4.79 Å². The van der Waals surface area contributed by atoms with Gasteiger partial charge >= 0.3 is 5.97 Å². The highest BCUT2D eigenvalue weighted by atomic mass is 32.2. The van der Waals surface area contributed by atoms with Crippen molar-refractivity contribution in [3.63, 3.8) is 0 Å². The number of hydrogen-bond donors (Lipinski definition) is 3. The molecular weight excluding hydrogens is 256 g/mol. The molecule has 0 unspecified atom stereocenters. The summed E-state index contributed by atoms with van der Waals surface area (Å²) >= 11 is 1.09. The van der Waals surface area contributed by atoms with Crippen LogP contribution in [0.1, 0.15) is 21.9 Å². The Labute approximate surface area is 108 Å². The van der Waals surface area contributed by atoms with Crippen LogP contribution in [0.2, 0.25) is 0 Å². The number of furan rings is 1. The number of ether oxygens (including phenoxy) is 1. The number of aliphatic imine (C=N–C) groups is 1. The quantitative estimate of drug-likeness (QED) is 0.423. The zero-order chi connectivity index (χ0) is 13.7. The smallest absolute Gasteiger partial charge is 0.374 e. The molecule has 5 N–H and O–H groups in total. The van der Waals surface area contributed by atoms with Crippen LogP contribution in [0.3, 0.4) is 0 Å². The number of carbonyl (C=O) groups excluding carboxylic acids is 1. The van der Waals surface area contributed by atoms with E-state index in [1.807, 2.05) is 0 Å². The lowest BCUT2D eigenvalue weighted by molar-refractivity contribution is 0.0562. The molecule has 8 heteroatoms. The lowest BCUT2D eigenvalue weighted by Crippen LogP contribution is -2.23. The molecule has 1 aromatic rings. The molecule has 0 fully saturated rings. The number of nitrogens with zero attached hydrogens (tertiary/aromatic N) is 1. The number of hydrogen-bond acceptors (Lipinski definition) is 5. The molecule has 98 valence electrons. The fraction of sp³-hybridized carbons (Fsp3) is 0.300. The molecule has 0 amide bonds. The number of carbonyl (C=O) groups is 1. The molecule has 0 atom stereocenters. The van der Waals surface area contributed by atoms with E-state index in [9.17, 15) is 4.79 Å². The first-order valence-electron chi connectivity index (χ1n) is 4.92. The molecule has 0 saturated heterocycles. The highest BCUT2D eigenvalue weighted by Crippen LogP contribution is 2.20. The van der Waals surface area contributed by atoms with Gasteiger partial charge in [-0.15, -0.1) is 0 Å². The van der Waals surface area contributed by atoms with Crippen molar-refractivity contribution in [1.82, 2.24) is 0 Å². The Morgan fingerprint density at radius 2 is 2.28 bits per heavy atom. The van der Waals surface area contributed by atoms with Crippen LogP contribution in [0.25, 0.3) is 0 Å². The fourth-order valence-electron chi connectivity index (χ4n) is 1.20. The van der Waals surface area contributed by atoms with E-state index < -0.39 is 5.97 Å². The molecule has 1 rings (SSSR count). The van der Waals surface area contributed by atoms with Gasteiger partial charge in [-0.05, 0) is 13.0 Å². The van der Waals surface area contributed by atoms with Crippen molar-refractivity contribution in [3.05, 3.63) is 23.2 Å². The van der Waals surface area contributed by atoms with Crippen LogP contribution < -0.4 is 11.5 Å². The number of nitrogens with two attached hydrogens (primary N) is 2. The summed E-state index contributed by atoms with van der Waals surface area (Å²) in [4.78, 5) is 14.9. The first-order chi connectivity index (χ1) is 8.43. The molecular formula is C10H14N4O3S. The van der Waals surface area contributed by atoms with Crippen molar-refractivity contribution in [1.29, 1.82) is 5.41 Å². The maximum absolute atomic E-state index is 11.3. The fourth-order valence-corrected chi connectivity index (χ4v) is 1.79. The second-order valence-corrected chi connectivity index (χ2v) is 4.31. The van der Waals surface area contributed by atoms with E-state index in [1.165, 1.54) is 7.11 Å². The predicted octanol–water partition coefficient (Wildman–Crippen LogP) is 0.816. The summed E-state index contributed by atoms with van der Waals surface area (Å²) in [6.45, 7) is 1.74. The molecule has 1 heterocycles. The molecule has 7 nitrogen and oxygen atoms in total. The predicted molar refractivity (Wildman–Crippen MR) is 69.6 cm³/mol. The molecule has 0 aliphatic heterocycles. The minimum atomic E-state index is -0.525. The molecule has 0 radical (unpaired) electrons. The zero-order valence-electron chi connectivity index (χ0n) is 10.0. The lowest BCUT2D eigenvalue weighted by Gasteiger charge is -1.97. The van der Waals surface area contributed by atoms with Gasteiger partial charge in [-0.3, -0.25) is 5.41 Å². The van der Waals surface area contributed by atoms with Gasteiger partial charge in [0.25, 0.3) is 0 Å². The highest BCUT2D eigenvalue weighted by molar-refractivity contribution is 8.13. The average Bonchev–Trinajstić information content (AvgIpc) is 2.66. The number of rotatable bonds is 3. The molecule has 0 bridgehead atoms. The third-order valence-electron chi connectivity index (χ3n) is 1.92. The third kappa shape index (κ3) is 3.81. The van der Waals surface area contributed by atoms with E-state index in [2.05, 4.69) is 9.73 Å². The summed E-state index contributed by atoms with van der Waals surface area (Å²) in [6, 6.07) is 1.71. The number of esters is 1. The van der Waals surface area contributed by atoms with Gasteiger partial charge in [0.05, 0.1) is 12.9 Å². The van der Waals surface area contributed by atoms with Crippen molar-refractivity contribution < 1.29 is 13.9 Å². The standard InChI is InChI=1S/C10H14N4O3S/c1-5-3-6(17-7(5)8(15)16-2)4-18-10(13)14-9(11)12/h3H,4H2,1-2H3,(H5,11,12,13,14). The number of methoxy groups -OCH3 is 1. The Balaban J connectivity index is 2.67. The monoisotopic (exact) mass is 270 g/mol. The molecule has 0 spiro atoms. The molecule has 0 saturated carbocycles. The van der Waals surface area contributed by atoms with Gasteiger partial charge in [0.2, 0.25) is 5.76 Å². The van der Waals surface area contributed by atoms with E-state index in [1.54, 1.807) is 13.0 Å². The topological polar surface area (TPSA) is 128 Å². The van der Waals surface area contributed by atoms with E-state index in [0.29, 0.717) is 17.1 Å². The molecule has 0 aliphatic carbocycles. The second-order valence-electron chi connectivity index (χ2n) is 3.35. The first-order valence-corrected chi connectivity index (χ1v) is 5.91. The van der Waals surface area contributed by atoms with Crippen molar-refractivity contribution in [2.75, 3.05) is 7.11 Å². The summed E-state index contributed by atoms with van der Waals surface area (Å²) in [7, 11) is 1.28. The SMILES string of the molecule is COC(=O)c1oc(CSC(=N)N=C(N)N)cc1C. The highest BCUT2D eigenvalue weighted by Gasteiger charge is 2.16. The number of thioether (sulfide) groups is 1. The maximum Gasteiger partial charge on any atom is 0.374 e. The third-order valence-corrected chi connectivity index (χ3v) is 2.71. The van der Waals surface area contributed by atoms with Crippen LogP contribution in [0, 0.1) is 12.3 Å². The van der Waals surface area contributed by atoms with Crippen LogP contribution in [0.5, 0.6) is 0 Å². The Bertz CT molecular complexity index is 491. The normalized spacial score (nSPS) is 9.89. The average molecular weight is 270 g/mol. The Morgan fingerprint density at radius 3 is 2.83 bits per heavy atom. The van der Waals surface area contributed by atoms with E-state index >= 15 is 0 Å². The number of nitrogens with one attached hydrogen (secondary N) is 1. The summed E-state index contributed by atoms with van der Waals surface area (Å²) < 4.78 is 9.89. The van der Waals surface area contributed by atoms with E-state index in [-0.39, 0.29) is 16.9 Å². The van der Waals surface area contributed by atoms with Crippen LogP contribution in [0.15, 0.2) is 15.5 Å². The van der Waals surface area contributed by atoms with Crippen LogP contribution in [0.4, 0.5) is 0 Å². The number of guanidine groups is 1. The maximum atomic E-state index is 11.3. The zero-order valence-corrected chi connectivity index (χ0v) is 10.8. The van der Waals surface area contributed by atoms with Gasteiger partial charge in [0.1, 0.15) is 5.76 Å². The van der Waals surface area contributed by atoms with Crippen molar-refractivity contribution in [2.24, 2.45) is 16.5 Å². The molecule has 18 heavy (non-hydrogen) atoms. The van der Waals surface area contributed by atoms with Crippen LogP contribution in [-0.2, 0) is 10.5 Å². The first kappa shape index (κ1) is 14.1. The molecule has 1 aromatic heterocycles. The van der Waals surface area contributed by atoms with Gasteiger partial charge < -0.3 is 20.6 Å². The van der Waals surface area contributed by atoms with Crippen LogP contribution in [-0.4, -0.2) is 24.2 Å². The molecule has 0 aromatic carbocycles. The van der Waals surface area contributed by atoms with Crippen molar-refractivity contribution in [3.8, 4) is 0 Å². The van der Waals surface area contributed by atoms with Gasteiger partial charge in [-0.1, -0.05) is 11.8 Å².